The normalized spacial score (nSPS) is 18.5. The van der Waals surface area contributed by atoms with E-state index in [2.05, 4.69) is 37.4 Å². The molecule has 1 heterocycles. The van der Waals surface area contributed by atoms with Crippen LogP contribution in [-0.4, -0.2) is 30.9 Å². The summed E-state index contributed by atoms with van der Waals surface area (Å²) in [6.07, 6.45) is 2.39. The summed E-state index contributed by atoms with van der Waals surface area (Å²) in [6, 6.07) is 6.30. The van der Waals surface area contributed by atoms with Gasteiger partial charge in [-0.2, -0.15) is 0 Å². The molecule has 0 saturated carbocycles. The Bertz CT molecular complexity index is 442. The second kappa shape index (κ2) is 6.96. The molecule has 0 radical (unpaired) electrons. The van der Waals surface area contributed by atoms with Gasteiger partial charge in [-0.1, -0.05) is 6.07 Å². The van der Waals surface area contributed by atoms with E-state index in [0.29, 0.717) is 12.3 Å². The molecule has 1 amide bonds. The highest BCUT2D eigenvalue weighted by Gasteiger charge is 2.16. The Morgan fingerprint density at radius 3 is 2.95 bits per heavy atom. The van der Waals surface area contributed by atoms with Crippen LogP contribution in [0.25, 0.3) is 0 Å². The van der Waals surface area contributed by atoms with Crippen LogP contribution in [0.3, 0.4) is 0 Å². The van der Waals surface area contributed by atoms with Gasteiger partial charge in [0.2, 0.25) is 5.91 Å². The van der Waals surface area contributed by atoms with Crippen LogP contribution in [0.2, 0.25) is 0 Å². The van der Waals surface area contributed by atoms with Crippen molar-refractivity contribution in [3.05, 3.63) is 29.3 Å². The number of rotatable bonds is 5. The molecule has 1 unspecified atom stereocenters. The molecule has 1 aromatic carbocycles. The Kier molecular flexibility index (Phi) is 5.28. The second-order valence-electron chi connectivity index (χ2n) is 4.97. The van der Waals surface area contributed by atoms with Crippen LogP contribution in [0.1, 0.15) is 24.0 Å². The quantitative estimate of drug-likeness (QED) is 0.842. The lowest BCUT2D eigenvalue weighted by Gasteiger charge is -2.10. The van der Waals surface area contributed by atoms with Gasteiger partial charge >= 0.3 is 0 Å². The Balaban J connectivity index is 1.71. The Morgan fingerprint density at radius 2 is 2.26 bits per heavy atom. The van der Waals surface area contributed by atoms with Crippen molar-refractivity contribution >= 4 is 17.7 Å². The molecule has 0 spiro atoms. The zero-order chi connectivity index (χ0) is 13.7. The molecule has 19 heavy (non-hydrogen) atoms. The first kappa shape index (κ1) is 14.4. The van der Waals surface area contributed by atoms with Gasteiger partial charge in [0.1, 0.15) is 0 Å². The van der Waals surface area contributed by atoms with Crippen molar-refractivity contribution in [2.24, 2.45) is 0 Å². The molecule has 1 aliphatic rings. The van der Waals surface area contributed by atoms with E-state index < -0.39 is 0 Å². The summed E-state index contributed by atoms with van der Waals surface area (Å²) in [4.78, 5) is 12.9. The van der Waals surface area contributed by atoms with Crippen LogP contribution in [0, 0.1) is 13.8 Å². The predicted octanol–water partition coefficient (Wildman–Crippen LogP) is 2.69. The zero-order valence-corrected chi connectivity index (χ0v) is 12.4. The summed E-state index contributed by atoms with van der Waals surface area (Å²) in [6.45, 7) is 5.67. The minimum Gasteiger partial charge on any atom is -0.376 e. The smallest absolute Gasteiger partial charge is 0.230 e. The van der Waals surface area contributed by atoms with Crippen molar-refractivity contribution in [1.82, 2.24) is 5.32 Å². The van der Waals surface area contributed by atoms with Gasteiger partial charge < -0.3 is 10.1 Å². The summed E-state index contributed by atoms with van der Waals surface area (Å²) in [5.74, 6) is 0.550. The van der Waals surface area contributed by atoms with Crippen LogP contribution < -0.4 is 5.32 Å². The van der Waals surface area contributed by atoms with E-state index in [4.69, 9.17) is 4.74 Å². The summed E-state index contributed by atoms with van der Waals surface area (Å²) in [7, 11) is 0. The predicted molar refractivity (Wildman–Crippen MR) is 78.6 cm³/mol. The lowest BCUT2D eigenvalue weighted by molar-refractivity contribution is -0.119. The highest BCUT2D eigenvalue weighted by Crippen LogP contribution is 2.20. The number of aryl methyl sites for hydroxylation is 2. The van der Waals surface area contributed by atoms with Gasteiger partial charge in [0, 0.05) is 18.0 Å². The van der Waals surface area contributed by atoms with Crippen LogP contribution in [-0.2, 0) is 9.53 Å². The molecule has 0 aromatic heterocycles. The number of hydrogen-bond acceptors (Lipinski definition) is 3. The van der Waals surface area contributed by atoms with Crippen molar-refractivity contribution in [3.63, 3.8) is 0 Å². The summed E-state index contributed by atoms with van der Waals surface area (Å²) in [5.41, 5.74) is 2.55. The molecular formula is C15H21NO2S. The monoisotopic (exact) mass is 279 g/mol. The molecule has 1 fully saturated rings. The maximum absolute atomic E-state index is 11.7. The van der Waals surface area contributed by atoms with Crippen molar-refractivity contribution in [3.8, 4) is 0 Å². The van der Waals surface area contributed by atoms with Crippen LogP contribution in [0.4, 0.5) is 0 Å². The van der Waals surface area contributed by atoms with Gasteiger partial charge in [-0.15, -0.1) is 11.8 Å². The number of carbonyl (C=O) groups excluding carboxylic acids is 1. The average Bonchev–Trinajstić information content (AvgIpc) is 2.91. The maximum Gasteiger partial charge on any atom is 0.230 e. The van der Waals surface area contributed by atoms with Crippen molar-refractivity contribution in [2.45, 2.75) is 37.7 Å². The lowest BCUT2D eigenvalue weighted by atomic mass is 10.1. The van der Waals surface area contributed by atoms with E-state index in [1.54, 1.807) is 11.8 Å². The first-order chi connectivity index (χ1) is 9.15. The van der Waals surface area contributed by atoms with E-state index in [9.17, 15) is 4.79 Å². The molecule has 1 aliphatic heterocycles. The van der Waals surface area contributed by atoms with Gasteiger partial charge in [0.05, 0.1) is 11.9 Å². The van der Waals surface area contributed by atoms with Gasteiger partial charge in [-0.05, 0) is 49.9 Å². The van der Waals surface area contributed by atoms with E-state index in [-0.39, 0.29) is 12.0 Å². The fourth-order valence-electron chi connectivity index (χ4n) is 2.04. The van der Waals surface area contributed by atoms with Crippen molar-refractivity contribution in [1.29, 1.82) is 0 Å². The highest BCUT2D eigenvalue weighted by molar-refractivity contribution is 8.00. The molecule has 104 valence electrons. The lowest BCUT2D eigenvalue weighted by Crippen LogP contribution is -2.32. The average molecular weight is 279 g/mol. The minimum absolute atomic E-state index is 0.0822. The molecule has 0 aliphatic carbocycles. The highest BCUT2D eigenvalue weighted by atomic mass is 32.2. The van der Waals surface area contributed by atoms with Gasteiger partial charge in [0.15, 0.2) is 0 Å². The standard InChI is InChI=1S/C15H21NO2S/c1-11-5-6-14(8-12(11)2)19-10-15(17)16-9-13-4-3-7-18-13/h5-6,8,13H,3-4,7,9-10H2,1-2H3,(H,16,17). The van der Waals surface area contributed by atoms with Gasteiger partial charge in [0.25, 0.3) is 0 Å². The fraction of sp³-hybridized carbons (Fsp3) is 0.533. The zero-order valence-electron chi connectivity index (χ0n) is 11.6. The molecule has 3 nitrogen and oxygen atoms in total. The third kappa shape index (κ3) is 4.55. The molecule has 1 atom stereocenters. The maximum atomic E-state index is 11.7. The SMILES string of the molecule is Cc1ccc(SCC(=O)NCC2CCCO2)cc1C. The third-order valence-electron chi connectivity index (χ3n) is 3.40. The molecule has 1 aromatic rings. The van der Waals surface area contributed by atoms with Crippen molar-refractivity contribution < 1.29 is 9.53 Å². The minimum atomic E-state index is 0.0822. The Morgan fingerprint density at radius 1 is 1.42 bits per heavy atom. The summed E-state index contributed by atoms with van der Waals surface area (Å²) < 4.78 is 5.47. The second-order valence-corrected chi connectivity index (χ2v) is 6.02. The molecule has 0 bridgehead atoms. The molecule has 1 N–H and O–H groups in total. The van der Waals surface area contributed by atoms with Crippen LogP contribution in [0.15, 0.2) is 23.1 Å². The molecule has 2 rings (SSSR count). The van der Waals surface area contributed by atoms with E-state index >= 15 is 0 Å². The number of thioether (sulfide) groups is 1. The third-order valence-corrected chi connectivity index (χ3v) is 4.39. The first-order valence-electron chi connectivity index (χ1n) is 6.73. The van der Waals surface area contributed by atoms with Gasteiger partial charge in [-0.3, -0.25) is 4.79 Å². The number of ether oxygens (including phenoxy) is 1. The fourth-order valence-corrected chi connectivity index (χ4v) is 2.86. The van der Waals surface area contributed by atoms with Crippen LogP contribution in [0.5, 0.6) is 0 Å². The van der Waals surface area contributed by atoms with E-state index in [0.717, 1.165) is 24.3 Å². The molecule has 4 heteroatoms. The first-order valence-corrected chi connectivity index (χ1v) is 7.72. The largest absolute Gasteiger partial charge is 0.376 e. The van der Waals surface area contributed by atoms with Crippen LogP contribution >= 0.6 is 11.8 Å². The number of amides is 1. The molecule has 1 saturated heterocycles. The molecular weight excluding hydrogens is 258 g/mol. The summed E-state index contributed by atoms with van der Waals surface area (Å²) >= 11 is 1.58. The van der Waals surface area contributed by atoms with Gasteiger partial charge in [-0.25, -0.2) is 0 Å². The Hall–Kier alpha value is -1.00. The van der Waals surface area contributed by atoms with E-state index in [1.807, 2.05) is 0 Å². The summed E-state index contributed by atoms with van der Waals surface area (Å²) in [5, 5.41) is 2.94. The number of nitrogens with one attached hydrogen (secondary N) is 1. The number of hydrogen-bond donors (Lipinski definition) is 1. The topological polar surface area (TPSA) is 38.3 Å². The number of carbonyl (C=O) groups is 1. The van der Waals surface area contributed by atoms with Crippen molar-refractivity contribution in [2.75, 3.05) is 18.9 Å². The Labute approximate surface area is 119 Å². The van der Waals surface area contributed by atoms with E-state index in [1.165, 1.54) is 11.1 Å². The number of benzene rings is 1.